The summed E-state index contributed by atoms with van der Waals surface area (Å²) in [6, 6.07) is 13.7. The molecule has 0 saturated heterocycles. The molecule has 5 heteroatoms. The van der Waals surface area contributed by atoms with Crippen LogP contribution in [0, 0.1) is 6.92 Å². The van der Waals surface area contributed by atoms with Crippen molar-refractivity contribution in [3.8, 4) is 5.75 Å². The van der Waals surface area contributed by atoms with Crippen LogP contribution < -0.4 is 15.0 Å². The van der Waals surface area contributed by atoms with Crippen LogP contribution in [0.1, 0.15) is 11.1 Å². The molecule has 0 aliphatic rings. The third-order valence-corrected chi connectivity index (χ3v) is 4.43. The van der Waals surface area contributed by atoms with Gasteiger partial charge in [-0.3, -0.25) is 4.79 Å². The van der Waals surface area contributed by atoms with Crippen molar-refractivity contribution in [2.24, 2.45) is 0 Å². The fraction of sp³-hybridized carbons (Fsp3) is 0.278. The molecule has 0 aliphatic heterocycles. The number of amides is 1. The first-order chi connectivity index (χ1) is 11.0. The van der Waals surface area contributed by atoms with Crippen molar-refractivity contribution in [1.82, 2.24) is 0 Å². The van der Waals surface area contributed by atoms with Gasteiger partial charge in [0.15, 0.2) is 6.54 Å². The van der Waals surface area contributed by atoms with Crippen LogP contribution in [-0.2, 0) is 11.3 Å². The number of likely N-dealkylation sites (N-methyl/N-ethyl adjacent to an activating group) is 1. The largest absolute Gasteiger partial charge is 0.497 e. The first kappa shape index (κ1) is 17.5. The number of benzene rings is 2. The number of hydrogen-bond acceptors (Lipinski definition) is 2. The van der Waals surface area contributed by atoms with Crippen molar-refractivity contribution in [3.05, 3.63) is 58.1 Å². The molecule has 2 aromatic rings. The number of halogens is 1. The molecule has 1 atom stereocenters. The Kier molecular flexibility index (Phi) is 6.19. The van der Waals surface area contributed by atoms with Gasteiger partial charge in [0, 0.05) is 15.7 Å². The predicted molar refractivity (Wildman–Crippen MR) is 96.0 cm³/mol. The summed E-state index contributed by atoms with van der Waals surface area (Å²) in [5.41, 5.74) is 3.07. The van der Waals surface area contributed by atoms with E-state index in [2.05, 4.69) is 21.2 Å². The fourth-order valence-corrected chi connectivity index (χ4v) is 2.64. The van der Waals surface area contributed by atoms with Gasteiger partial charge in [0.25, 0.3) is 5.91 Å². The zero-order valence-electron chi connectivity index (χ0n) is 13.7. The van der Waals surface area contributed by atoms with Crippen molar-refractivity contribution in [1.29, 1.82) is 0 Å². The lowest BCUT2D eigenvalue weighted by Crippen LogP contribution is -3.08. The molecule has 0 aromatic heterocycles. The normalized spacial score (nSPS) is 11.8. The van der Waals surface area contributed by atoms with E-state index in [1.54, 1.807) is 7.11 Å². The smallest absolute Gasteiger partial charge is 0.279 e. The molecule has 0 heterocycles. The Bertz CT molecular complexity index is 688. The number of carbonyl (C=O) groups excluding carboxylic acids is 1. The van der Waals surface area contributed by atoms with Crippen molar-refractivity contribution < 1.29 is 14.4 Å². The number of ether oxygens (including phenoxy) is 1. The Morgan fingerprint density at radius 3 is 2.74 bits per heavy atom. The minimum Gasteiger partial charge on any atom is -0.497 e. The number of rotatable bonds is 6. The molecule has 0 bridgehead atoms. The van der Waals surface area contributed by atoms with Crippen LogP contribution in [0.25, 0.3) is 0 Å². The number of methoxy groups -OCH3 is 1. The van der Waals surface area contributed by atoms with Crippen LogP contribution in [-0.4, -0.2) is 26.6 Å². The molecule has 0 saturated carbocycles. The average molecular weight is 378 g/mol. The number of hydrogen-bond donors (Lipinski definition) is 2. The highest BCUT2D eigenvalue weighted by Gasteiger charge is 2.11. The van der Waals surface area contributed by atoms with E-state index in [0.717, 1.165) is 38.5 Å². The van der Waals surface area contributed by atoms with Crippen molar-refractivity contribution in [3.63, 3.8) is 0 Å². The average Bonchev–Trinajstić information content (AvgIpc) is 2.51. The van der Waals surface area contributed by atoms with Gasteiger partial charge in [0.1, 0.15) is 12.3 Å². The van der Waals surface area contributed by atoms with Crippen molar-refractivity contribution in [2.45, 2.75) is 13.5 Å². The Balaban J connectivity index is 1.90. The molecular formula is C18H22BrN2O2+. The van der Waals surface area contributed by atoms with Crippen molar-refractivity contribution in [2.75, 3.05) is 26.0 Å². The highest BCUT2D eigenvalue weighted by atomic mass is 79.9. The van der Waals surface area contributed by atoms with Gasteiger partial charge in [-0.15, -0.1) is 0 Å². The lowest BCUT2D eigenvalue weighted by Gasteiger charge is -2.14. The van der Waals surface area contributed by atoms with Gasteiger partial charge < -0.3 is 15.0 Å². The maximum absolute atomic E-state index is 12.2. The minimum atomic E-state index is 0.00659. The molecule has 0 aliphatic carbocycles. The first-order valence-corrected chi connectivity index (χ1v) is 8.27. The highest BCUT2D eigenvalue weighted by molar-refractivity contribution is 9.10. The summed E-state index contributed by atoms with van der Waals surface area (Å²) in [7, 11) is 3.66. The van der Waals surface area contributed by atoms with Crippen LogP contribution in [0.5, 0.6) is 5.75 Å². The second-order valence-electron chi connectivity index (χ2n) is 5.67. The molecule has 0 fully saturated rings. The lowest BCUT2D eigenvalue weighted by atomic mass is 10.2. The van der Waals surface area contributed by atoms with Crippen LogP contribution >= 0.6 is 15.9 Å². The summed E-state index contributed by atoms with van der Waals surface area (Å²) in [5, 5.41) is 2.94. The van der Waals surface area contributed by atoms with Gasteiger partial charge in [-0.2, -0.15) is 0 Å². The summed E-state index contributed by atoms with van der Waals surface area (Å²) >= 11 is 3.46. The van der Waals surface area contributed by atoms with Gasteiger partial charge in [-0.05, 0) is 42.8 Å². The Labute approximate surface area is 145 Å². The molecule has 4 nitrogen and oxygen atoms in total. The quantitative estimate of drug-likeness (QED) is 0.811. The van der Waals surface area contributed by atoms with E-state index in [1.807, 2.05) is 56.4 Å². The summed E-state index contributed by atoms with van der Waals surface area (Å²) in [6.07, 6.45) is 0. The zero-order chi connectivity index (χ0) is 16.8. The zero-order valence-corrected chi connectivity index (χ0v) is 15.2. The van der Waals surface area contributed by atoms with Crippen LogP contribution in [0.2, 0.25) is 0 Å². The van der Waals surface area contributed by atoms with Crippen LogP contribution in [0.3, 0.4) is 0 Å². The summed E-state index contributed by atoms with van der Waals surface area (Å²) in [4.78, 5) is 13.3. The molecule has 122 valence electrons. The SMILES string of the molecule is COc1cccc(C[NH+](C)CC(=O)Nc2ccc(Br)c(C)c2)c1. The Morgan fingerprint density at radius 1 is 1.26 bits per heavy atom. The van der Waals surface area contributed by atoms with E-state index in [-0.39, 0.29) is 5.91 Å². The predicted octanol–water partition coefficient (Wildman–Crippen LogP) is 2.42. The lowest BCUT2D eigenvalue weighted by molar-refractivity contribution is -0.885. The first-order valence-electron chi connectivity index (χ1n) is 7.48. The van der Waals surface area contributed by atoms with E-state index in [1.165, 1.54) is 0 Å². The molecule has 1 amide bonds. The van der Waals surface area contributed by atoms with Gasteiger partial charge >= 0.3 is 0 Å². The summed E-state index contributed by atoms with van der Waals surface area (Å²) < 4.78 is 6.26. The summed E-state index contributed by atoms with van der Waals surface area (Å²) in [6.45, 7) is 3.18. The van der Waals surface area contributed by atoms with Gasteiger partial charge in [-0.25, -0.2) is 0 Å². The molecule has 0 radical (unpaired) electrons. The van der Waals surface area contributed by atoms with E-state index < -0.39 is 0 Å². The standard InChI is InChI=1S/C18H21BrN2O2/c1-13-9-15(7-8-17(13)19)20-18(22)12-21(2)11-14-5-4-6-16(10-14)23-3/h4-10H,11-12H2,1-3H3,(H,20,22)/p+1. The van der Waals surface area contributed by atoms with Crippen molar-refractivity contribution >= 4 is 27.5 Å². The molecule has 1 unspecified atom stereocenters. The number of nitrogens with one attached hydrogen (secondary N) is 2. The number of quaternary nitrogens is 1. The maximum atomic E-state index is 12.2. The Morgan fingerprint density at radius 2 is 2.04 bits per heavy atom. The second kappa shape index (κ2) is 8.13. The number of aryl methyl sites for hydroxylation is 1. The third-order valence-electron chi connectivity index (χ3n) is 3.54. The van der Waals surface area contributed by atoms with E-state index in [9.17, 15) is 4.79 Å². The van der Waals surface area contributed by atoms with E-state index in [0.29, 0.717) is 6.54 Å². The molecule has 0 spiro atoms. The minimum absolute atomic E-state index is 0.00659. The number of carbonyl (C=O) groups is 1. The third kappa shape index (κ3) is 5.37. The Hall–Kier alpha value is -1.85. The monoisotopic (exact) mass is 377 g/mol. The highest BCUT2D eigenvalue weighted by Crippen LogP contribution is 2.19. The second-order valence-corrected chi connectivity index (χ2v) is 6.53. The number of anilines is 1. The van der Waals surface area contributed by atoms with Gasteiger partial charge in [0.05, 0.1) is 14.2 Å². The molecule has 2 N–H and O–H groups in total. The topological polar surface area (TPSA) is 42.8 Å². The maximum Gasteiger partial charge on any atom is 0.279 e. The molecule has 2 rings (SSSR count). The van der Waals surface area contributed by atoms with Crippen LogP contribution in [0.15, 0.2) is 46.9 Å². The summed E-state index contributed by atoms with van der Waals surface area (Å²) in [5.74, 6) is 0.845. The van der Waals surface area contributed by atoms with Crippen LogP contribution in [0.4, 0.5) is 5.69 Å². The van der Waals surface area contributed by atoms with Gasteiger partial charge in [-0.1, -0.05) is 28.1 Å². The molecule has 23 heavy (non-hydrogen) atoms. The molecule has 2 aromatic carbocycles. The fourth-order valence-electron chi connectivity index (χ4n) is 2.40. The molecular weight excluding hydrogens is 356 g/mol. The van der Waals surface area contributed by atoms with E-state index in [4.69, 9.17) is 4.74 Å². The van der Waals surface area contributed by atoms with E-state index >= 15 is 0 Å². The van der Waals surface area contributed by atoms with Gasteiger partial charge in [0.2, 0.25) is 0 Å².